The molecule has 0 saturated carbocycles. The van der Waals surface area contributed by atoms with Gasteiger partial charge in [0.1, 0.15) is 0 Å². The van der Waals surface area contributed by atoms with Crippen LogP contribution in [0.2, 0.25) is 0 Å². The molecule has 2 rings (SSSR count). The molecule has 2 aliphatic rings. The van der Waals surface area contributed by atoms with E-state index < -0.39 is 15.9 Å². The summed E-state index contributed by atoms with van der Waals surface area (Å²) in [5.74, 6) is -0.00987. The number of carbonyl (C=O) groups is 1. The highest BCUT2D eigenvalue weighted by atomic mass is 32.2. The van der Waals surface area contributed by atoms with Gasteiger partial charge in [-0.1, -0.05) is 0 Å². The maximum absolute atomic E-state index is 11.6. The molecule has 0 spiro atoms. The van der Waals surface area contributed by atoms with E-state index in [1.165, 1.54) is 4.90 Å². The average Bonchev–Trinajstić information content (AvgIpc) is 2.51. The lowest BCUT2D eigenvalue weighted by Crippen LogP contribution is -2.53. The van der Waals surface area contributed by atoms with E-state index in [0.29, 0.717) is 19.8 Å². The minimum Gasteiger partial charge on any atom is -0.450 e. The van der Waals surface area contributed by atoms with Crippen molar-refractivity contribution in [1.29, 1.82) is 0 Å². The van der Waals surface area contributed by atoms with Crippen molar-refractivity contribution in [2.45, 2.75) is 19.1 Å². The van der Waals surface area contributed by atoms with Crippen molar-refractivity contribution >= 4 is 15.9 Å². The van der Waals surface area contributed by atoms with Gasteiger partial charge in [-0.2, -0.15) is 0 Å². The standard InChI is InChI=1S/C9H15NO5S/c1-2-14-9(11)10-3-4-15-8-6-16(12,13)5-7(8)10/h7-8H,2-6H2,1H3. The second kappa shape index (κ2) is 4.21. The van der Waals surface area contributed by atoms with E-state index in [1.807, 2.05) is 0 Å². The van der Waals surface area contributed by atoms with Gasteiger partial charge in [0.25, 0.3) is 0 Å². The van der Waals surface area contributed by atoms with E-state index in [9.17, 15) is 13.2 Å². The third-order valence-electron chi connectivity index (χ3n) is 2.84. The summed E-state index contributed by atoms with van der Waals surface area (Å²) in [5, 5.41) is 0. The van der Waals surface area contributed by atoms with Crippen molar-refractivity contribution in [2.24, 2.45) is 0 Å². The van der Waals surface area contributed by atoms with Crippen LogP contribution in [0.3, 0.4) is 0 Å². The highest BCUT2D eigenvalue weighted by Crippen LogP contribution is 2.25. The number of ether oxygens (including phenoxy) is 2. The van der Waals surface area contributed by atoms with Gasteiger partial charge >= 0.3 is 6.09 Å². The zero-order valence-electron chi connectivity index (χ0n) is 9.09. The van der Waals surface area contributed by atoms with E-state index >= 15 is 0 Å². The van der Waals surface area contributed by atoms with Crippen molar-refractivity contribution in [2.75, 3.05) is 31.3 Å². The van der Waals surface area contributed by atoms with Crippen LogP contribution in [0.25, 0.3) is 0 Å². The quantitative estimate of drug-likeness (QED) is 0.634. The number of carbonyl (C=O) groups excluding carboxylic acids is 1. The molecule has 0 bridgehead atoms. The molecule has 0 aliphatic carbocycles. The van der Waals surface area contributed by atoms with Crippen molar-refractivity contribution in [3.8, 4) is 0 Å². The molecule has 16 heavy (non-hydrogen) atoms. The Kier molecular flexibility index (Phi) is 3.07. The Morgan fingerprint density at radius 2 is 2.25 bits per heavy atom. The van der Waals surface area contributed by atoms with E-state index in [0.717, 1.165) is 0 Å². The highest BCUT2D eigenvalue weighted by molar-refractivity contribution is 7.91. The van der Waals surface area contributed by atoms with Gasteiger partial charge in [-0.3, -0.25) is 4.90 Å². The summed E-state index contributed by atoms with van der Waals surface area (Å²) in [4.78, 5) is 13.1. The molecule has 2 saturated heterocycles. The van der Waals surface area contributed by atoms with Crippen LogP contribution < -0.4 is 0 Å². The van der Waals surface area contributed by atoms with Gasteiger partial charge in [0.05, 0.1) is 36.9 Å². The van der Waals surface area contributed by atoms with Crippen LogP contribution in [0.15, 0.2) is 0 Å². The molecule has 6 nitrogen and oxygen atoms in total. The highest BCUT2D eigenvalue weighted by Gasteiger charge is 2.46. The number of nitrogens with zero attached hydrogens (tertiary/aromatic N) is 1. The Labute approximate surface area is 94.4 Å². The maximum atomic E-state index is 11.6. The lowest BCUT2D eigenvalue weighted by molar-refractivity contribution is -0.0422. The van der Waals surface area contributed by atoms with Gasteiger partial charge in [0, 0.05) is 6.54 Å². The van der Waals surface area contributed by atoms with Crippen LogP contribution in [-0.4, -0.2) is 62.8 Å². The summed E-state index contributed by atoms with van der Waals surface area (Å²) in [5.41, 5.74) is 0. The summed E-state index contributed by atoms with van der Waals surface area (Å²) in [6.45, 7) is 2.78. The summed E-state index contributed by atoms with van der Waals surface area (Å²) in [7, 11) is -3.08. The van der Waals surface area contributed by atoms with E-state index in [2.05, 4.69) is 0 Å². The largest absolute Gasteiger partial charge is 0.450 e. The number of hydrogen-bond donors (Lipinski definition) is 0. The normalized spacial score (nSPS) is 32.2. The molecule has 2 atom stereocenters. The minimum absolute atomic E-state index is 0.00751. The van der Waals surface area contributed by atoms with Gasteiger partial charge in [0.2, 0.25) is 0 Å². The first kappa shape index (κ1) is 11.7. The maximum Gasteiger partial charge on any atom is 0.410 e. The number of sulfone groups is 1. The number of morpholine rings is 1. The summed E-state index contributed by atoms with van der Waals surface area (Å²) in [6, 6.07) is -0.377. The number of amides is 1. The lowest BCUT2D eigenvalue weighted by Gasteiger charge is -2.35. The van der Waals surface area contributed by atoms with Crippen LogP contribution in [-0.2, 0) is 19.3 Å². The Morgan fingerprint density at radius 1 is 1.50 bits per heavy atom. The molecule has 2 fully saturated rings. The second-order valence-electron chi connectivity index (χ2n) is 3.95. The lowest BCUT2D eigenvalue weighted by atomic mass is 10.1. The van der Waals surface area contributed by atoms with E-state index in [-0.39, 0.29) is 23.7 Å². The first-order chi connectivity index (χ1) is 7.53. The van der Waals surface area contributed by atoms with Gasteiger partial charge in [-0.05, 0) is 6.92 Å². The molecule has 2 aliphatic heterocycles. The van der Waals surface area contributed by atoms with Crippen LogP contribution in [0.1, 0.15) is 6.92 Å². The number of hydrogen-bond acceptors (Lipinski definition) is 5. The van der Waals surface area contributed by atoms with Crippen LogP contribution in [0, 0.1) is 0 Å². The van der Waals surface area contributed by atoms with Crippen molar-refractivity contribution < 1.29 is 22.7 Å². The molecule has 0 N–H and O–H groups in total. The average molecular weight is 249 g/mol. The van der Waals surface area contributed by atoms with Crippen molar-refractivity contribution in [1.82, 2.24) is 4.90 Å². The molecule has 7 heteroatoms. The molecule has 0 aromatic carbocycles. The topological polar surface area (TPSA) is 72.9 Å². The predicted molar refractivity (Wildman–Crippen MR) is 55.9 cm³/mol. The van der Waals surface area contributed by atoms with Gasteiger partial charge in [-0.15, -0.1) is 0 Å². The first-order valence-corrected chi connectivity index (χ1v) is 7.11. The zero-order chi connectivity index (χ0) is 11.8. The molecule has 0 radical (unpaired) electrons. The van der Waals surface area contributed by atoms with Crippen molar-refractivity contribution in [3.05, 3.63) is 0 Å². The zero-order valence-corrected chi connectivity index (χ0v) is 9.90. The summed E-state index contributed by atoms with van der Waals surface area (Å²) in [6.07, 6.45) is -0.832. The van der Waals surface area contributed by atoms with E-state index in [4.69, 9.17) is 9.47 Å². The summed E-state index contributed by atoms with van der Waals surface area (Å²) < 4.78 is 33.2. The smallest absolute Gasteiger partial charge is 0.410 e. The monoisotopic (exact) mass is 249 g/mol. The first-order valence-electron chi connectivity index (χ1n) is 5.29. The van der Waals surface area contributed by atoms with Gasteiger partial charge in [-0.25, -0.2) is 13.2 Å². The Hall–Kier alpha value is -0.820. The van der Waals surface area contributed by atoms with Crippen molar-refractivity contribution in [3.63, 3.8) is 0 Å². The fourth-order valence-electron chi connectivity index (χ4n) is 2.15. The predicted octanol–water partition coefficient (Wildman–Crippen LogP) is -0.359. The Bertz CT molecular complexity index is 379. The minimum atomic E-state index is -3.08. The molecular formula is C9H15NO5S. The van der Waals surface area contributed by atoms with Crippen LogP contribution >= 0.6 is 0 Å². The molecule has 2 heterocycles. The molecular weight excluding hydrogens is 234 g/mol. The Morgan fingerprint density at radius 3 is 2.94 bits per heavy atom. The van der Waals surface area contributed by atoms with Crippen LogP contribution in [0.5, 0.6) is 0 Å². The molecule has 1 amide bonds. The van der Waals surface area contributed by atoms with Gasteiger partial charge < -0.3 is 9.47 Å². The molecule has 0 aromatic rings. The SMILES string of the molecule is CCOC(=O)N1CCOC2CS(=O)(=O)CC21. The third-order valence-corrected chi connectivity index (χ3v) is 4.52. The fourth-order valence-corrected chi connectivity index (χ4v) is 4.02. The fraction of sp³-hybridized carbons (Fsp3) is 0.889. The second-order valence-corrected chi connectivity index (χ2v) is 6.10. The van der Waals surface area contributed by atoms with E-state index in [1.54, 1.807) is 6.92 Å². The number of rotatable bonds is 1. The molecule has 92 valence electrons. The van der Waals surface area contributed by atoms with Gasteiger partial charge in [0.15, 0.2) is 9.84 Å². The third kappa shape index (κ3) is 2.15. The van der Waals surface area contributed by atoms with Crippen LogP contribution in [0.4, 0.5) is 4.79 Å². The molecule has 2 unspecified atom stereocenters. The molecule has 0 aromatic heterocycles. The number of fused-ring (bicyclic) bond motifs is 1. The Balaban J connectivity index is 2.13. The summed E-state index contributed by atoms with van der Waals surface area (Å²) >= 11 is 0.